The predicted octanol–water partition coefficient (Wildman–Crippen LogP) is 6.78. The number of amides is 1. The van der Waals surface area contributed by atoms with Crippen molar-refractivity contribution in [2.75, 3.05) is 50.9 Å². The number of halogens is 5. The molecule has 9 nitrogen and oxygen atoms in total. The molecule has 3 aliphatic heterocycles. The van der Waals surface area contributed by atoms with E-state index in [2.05, 4.69) is 26.4 Å². The number of piperazine rings is 1. The number of hydrogen-bond donors (Lipinski definition) is 0. The molecule has 0 N–H and O–H groups in total. The number of alkyl halides is 1. The van der Waals surface area contributed by atoms with Crippen LogP contribution in [0.15, 0.2) is 48.9 Å². The van der Waals surface area contributed by atoms with E-state index >= 15 is 4.39 Å². The van der Waals surface area contributed by atoms with Crippen LogP contribution in [-0.4, -0.2) is 88.2 Å². The predicted molar refractivity (Wildman–Crippen MR) is 179 cm³/mol. The van der Waals surface area contributed by atoms with Crippen LogP contribution in [0.5, 0.6) is 6.01 Å². The van der Waals surface area contributed by atoms with Gasteiger partial charge in [0.25, 0.3) is 5.91 Å². The molecule has 49 heavy (non-hydrogen) atoms. The van der Waals surface area contributed by atoms with Gasteiger partial charge in [0.05, 0.1) is 22.0 Å². The number of hydrogen-bond acceptors (Lipinski definition) is 8. The highest BCUT2D eigenvalue weighted by atomic mass is 35.5. The normalized spacial score (nSPS) is 20.6. The summed E-state index contributed by atoms with van der Waals surface area (Å²) in [5.41, 5.74) is -0.174. The van der Waals surface area contributed by atoms with Gasteiger partial charge in [-0.2, -0.15) is 15.2 Å². The first-order valence-electron chi connectivity index (χ1n) is 16.0. The van der Waals surface area contributed by atoms with Crippen molar-refractivity contribution < 1.29 is 27.1 Å². The quantitative estimate of drug-likeness (QED) is 0.154. The summed E-state index contributed by atoms with van der Waals surface area (Å²) in [5, 5.41) is 8.41. The minimum Gasteiger partial charge on any atom is -0.461 e. The molecule has 256 valence electrons. The molecule has 0 radical (unpaired) electrons. The summed E-state index contributed by atoms with van der Waals surface area (Å²) >= 11 is 6.36. The lowest BCUT2D eigenvalue weighted by Crippen LogP contribution is -2.49. The van der Waals surface area contributed by atoms with E-state index in [-0.39, 0.29) is 66.6 Å². The van der Waals surface area contributed by atoms with Gasteiger partial charge in [0.1, 0.15) is 36.1 Å². The second kappa shape index (κ2) is 14.1. The van der Waals surface area contributed by atoms with Crippen molar-refractivity contribution >= 4 is 45.0 Å². The summed E-state index contributed by atoms with van der Waals surface area (Å²) in [6.45, 7) is 6.06. The molecule has 3 aliphatic rings. The Kier molecular flexibility index (Phi) is 9.90. The lowest BCUT2D eigenvalue weighted by atomic mass is 9.95. The Bertz CT molecular complexity index is 1970. The van der Waals surface area contributed by atoms with Gasteiger partial charge in [0.15, 0.2) is 11.6 Å². The number of carbonyl (C=O) groups excluding carboxylic acids is 1. The lowest BCUT2D eigenvalue weighted by Gasteiger charge is -2.36. The molecule has 3 fully saturated rings. The molecule has 0 spiro atoms. The Hall–Kier alpha value is -4.54. The van der Waals surface area contributed by atoms with Gasteiger partial charge in [-0.15, -0.1) is 0 Å². The van der Waals surface area contributed by atoms with E-state index in [0.29, 0.717) is 27.5 Å². The van der Waals surface area contributed by atoms with Gasteiger partial charge < -0.3 is 14.5 Å². The van der Waals surface area contributed by atoms with Crippen molar-refractivity contribution in [3.63, 3.8) is 0 Å². The van der Waals surface area contributed by atoms with E-state index in [9.17, 15) is 18.0 Å². The van der Waals surface area contributed by atoms with E-state index < -0.39 is 30.0 Å². The van der Waals surface area contributed by atoms with Crippen LogP contribution in [0.4, 0.5) is 23.4 Å². The van der Waals surface area contributed by atoms with E-state index in [1.165, 1.54) is 24.1 Å². The average molecular weight is 696 g/mol. The lowest BCUT2D eigenvalue weighted by molar-refractivity contribution is -0.128. The maximum atomic E-state index is 16.6. The first-order valence-corrected chi connectivity index (χ1v) is 16.4. The SMILES string of the molecule is C=C(F)C(=O)N1CCN(c2nc(OCC34CCCN3C(CF)CC4)nc3c(F)c(-c4cccc5ccc(F)c(Cl)c45)ncc23)CC1.CC#N. The first-order chi connectivity index (χ1) is 23.6. The molecule has 7 rings (SSSR count). The number of rotatable bonds is 7. The van der Waals surface area contributed by atoms with Crippen LogP contribution in [0.1, 0.15) is 32.6 Å². The van der Waals surface area contributed by atoms with Crippen molar-refractivity contribution in [2.24, 2.45) is 0 Å². The molecule has 2 aromatic carbocycles. The molecule has 5 heterocycles. The third kappa shape index (κ3) is 6.35. The van der Waals surface area contributed by atoms with E-state index in [1.807, 2.05) is 4.90 Å². The molecule has 2 aromatic heterocycles. The highest BCUT2D eigenvalue weighted by molar-refractivity contribution is 6.36. The van der Waals surface area contributed by atoms with Gasteiger partial charge >= 0.3 is 6.01 Å². The van der Waals surface area contributed by atoms with E-state index in [0.717, 1.165) is 32.2 Å². The number of fused-ring (bicyclic) bond motifs is 3. The minimum absolute atomic E-state index is 0.0545. The number of pyridine rings is 1. The monoisotopic (exact) mass is 695 g/mol. The minimum atomic E-state index is -1.04. The molecule has 0 aliphatic carbocycles. The molecule has 1 amide bonds. The molecule has 14 heteroatoms. The van der Waals surface area contributed by atoms with Crippen LogP contribution < -0.4 is 9.64 Å². The number of aromatic nitrogens is 3. The average Bonchev–Trinajstić information content (AvgIpc) is 3.68. The largest absolute Gasteiger partial charge is 0.461 e. The van der Waals surface area contributed by atoms with Crippen LogP contribution >= 0.6 is 11.6 Å². The summed E-state index contributed by atoms with van der Waals surface area (Å²) < 4.78 is 64.7. The fourth-order valence-corrected chi connectivity index (χ4v) is 7.56. The maximum Gasteiger partial charge on any atom is 0.319 e. The van der Waals surface area contributed by atoms with Crippen LogP contribution in [-0.2, 0) is 4.79 Å². The molecule has 3 saturated heterocycles. The van der Waals surface area contributed by atoms with E-state index in [1.54, 1.807) is 30.3 Å². The van der Waals surface area contributed by atoms with Crippen molar-refractivity contribution in [1.29, 1.82) is 5.26 Å². The smallest absolute Gasteiger partial charge is 0.319 e. The van der Waals surface area contributed by atoms with Crippen LogP contribution in [0.25, 0.3) is 32.9 Å². The number of ether oxygens (including phenoxy) is 1. The second-order valence-electron chi connectivity index (χ2n) is 12.3. The number of benzene rings is 2. The van der Waals surface area contributed by atoms with Gasteiger partial charge in [-0.25, -0.2) is 17.6 Å². The Morgan fingerprint density at radius 1 is 1.14 bits per heavy atom. The molecular formula is C35H34ClF4N7O2. The van der Waals surface area contributed by atoms with E-state index in [4.69, 9.17) is 21.6 Å². The molecule has 2 unspecified atom stereocenters. The Morgan fingerprint density at radius 2 is 1.90 bits per heavy atom. The highest BCUT2D eigenvalue weighted by Gasteiger charge is 2.49. The zero-order valence-electron chi connectivity index (χ0n) is 26.9. The summed E-state index contributed by atoms with van der Waals surface area (Å²) in [5.74, 6) is -2.87. The second-order valence-corrected chi connectivity index (χ2v) is 12.7. The van der Waals surface area contributed by atoms with Crippen LogP contribution in [0, 0.1) is 23.0 Å². The molecule has 4 aromatic rings. The fraction of sp³-hybridized carbons (Fsp3) is 0.400. The zero-order valence-corrected chi connectivity index (χ0v) is 27.6. The van der Waals surface area contributed by atoms with Gasteiger partial charge in [-0.3, -0.25) is 14.7 Å². The number of carbonyl (C=O) groups is 1. The Labute approximate surface area is 285 Å². The zero-order chi connectivity index (χ0) is 34.9. The standard InChI is InChI=1S/C33H31ClF4N6O2.C2H3N/c1-19(36)31(45)43-14-12-42(13-15-43)30-23-17-39-28(22-5-2-4-20-6-7-24(37)26(34)25(20)22)27(38)29(23)40-32(41-30)46-18-33-9-3-11-44(33)21(16-35)8-10-33;1-2-3/h2,4-7,17,21H,1,3,8-16,18H2;1H3. The highest BCUT2D eigenvalue weighted by Crippen LogP contribution is 2.43. The topological polar surface area (TPSA) is 98.5 Å². The molecule has 0 bridgehead atoms. The fourth-order valence-electron chi connectivity index (χ4n) is 7.29. The molecule has 0 saturated carbocycles. The van der Waals surface area contributed by atoms with Crippen molar-refractivity contribution in [2.45, 2.75) is 44.2 Å². The molecular weight excluding hydrogens is 662 g/mol. The summed E-state index contributed by atoms with van der Waals surface area (Å²) in [6, 6.07) is 9.44. The number of anilines is 1. The van der Waals surface area contributed by atoms with Crippen molar-refractivity contribution in [1.82, 2.24) is 24.8 Å². The first kappa shape index (κ1) is 34.3. The van der Waals surface area contributed by atoms with Gasteiger partial charge in [-0.05, 0) is 43.7 Å². The van der Waals surface area contributed by atoms with Crippen molar-refractivity contribution in [3.8, 4) is 23.3 Å². The number of nitrogens with zero attached hydrogens (tertiary/aromatic N) is 7. The van der Waals surface area contributed by atoms with Crippen LogP contribution in [0.3, 0.4) is 0 Å². The molecule has 2 atom stereocenters. The van der Waals surface area contributed by atoms with Gasteiger partial charge in [0, 0.05) is 56.3 Å². The van der Waals surface area contributed by atoms with Crippen molar-refractivity contribution in [3.05, 3.63) is 65.6 Å². The van der Waals surface area contributed by atoms with Crippen LogP contribution in [0.2, 0.25) is 5.02 Å². The number of nitriles is 1. The Balaban J connectivity index is 0.00000134. The van der Waals surface area contributed by atoms with Gasteiger partial charge in [-0.1, -0.05) is 42.4 Å². The summed E-state index contributed by atoms with van der Waals surface area (Å²) in [4.78, 5) is 31.2. The third-order valence-corrected chi connectivity index (χ3v) is 9.98. The maximum absolute atomic E-state index is 16.6. The Morgan fingerprint density at radius 3 is 2.61 bits per heavy atom. The van der Waals surface area contributed by atoms with Gasteiger partial charge in [0.2, 0.25) is 0 Å². The summed E-state index contributed by atoms with van der Waals surface area (Å²) in [6.07, 6.45) is 4.74. The third-order valence-electron chi connectivity index (χ3n) is 9.61. The summed E-state index contributed by atoms with van der Waals surface area (Å²) in [7, 11) is 0.